The number of hydrogen-bond donors (Lipinski definition) is 2. The van der Waals surface area contributed by atoms with E-state index >= 15 is 0 Å². The van der Waals surface area contributed by atoms with Crippen LogP contribution in [0.25, 0.3) is 0 Å². The first-order chi connectivity index (χ1) is 14.5. The standard InChI is InChI=1S/C21H23BrN4O4/c22-16-6-7-18(23-12-16)25-21(29)15-8-10-26(11-9-15)20(28)13-24-19(27)14-30-17-4-2-1-3-5-17/h1-7,12,15H,8-11,13-14H2,(H,24,27)(H,23,25,29). The van der Waals surface area contributed by atoms with Gasteiger partial charge in [0.1, 0.15) is 11.6 Å². The molecular formula is C21H23BrN4O4. The first kappa shape index (κ1) is 21.8. The van der Waals surface area contributed by atoms with E-state index in [1.54, 1.807) is 29.3 Å². The maximum atomic E-state index is 12.4. The molecule has 1 aliphatic heterocycles. The molecule has 0 aliphatic carbocycles. The van der Waals surface area contributed by atoms with Gasteiger partial charge < -0.3 is 20.3 Å². The van der Waals surface area contributed by atoms with E-state index < -0.39 is 0 Å². The lowest BCUT2D eigenvalue weighted by Crippen LogP contribution is -2.46. The largest absolute Gasteiger partial charge is 0.484 e. The fourth-order valence-electron chi connectivity index (χ4n) is 3.07. The number of aromatic nitrogens is 1. The summed E-state index contributed by atoms with van der Waals surface area (Å²) in [6.45, 7) is 0.711. The van der Waals surface area contributed by atoms with Crippen molar-refractivity contribution in [3.63, 3.8) is 0 Å². The van der Waals surface area contributed by atoms with Crippen LogP contribution < -0.4 is 15.4 Å². The van der Waals surface area contributed by atoms with Crippen molar-refractivity contribution in [1.82, 2.24) is 15.2 Å². The van der Waals surface area contributed by atoms with E-state index in [0.29, 0.717) is 37.5 Å². The van der Waals surface area contributed by atoms with Gasteiger partial charge >= 0.3 is 0 Å². The number of ether oxygens (including phenoxy) is 1. The number of halogens is 1. The predicted molar refractivity (Wildman–Crippen MR) is 115 cm³/mol. The summed E-state index contributed by atoms with van der Waals surface area (Å²) < 4.78 is 6.19. The number of rotatable bonds is 7. The van der Waals surface area contributed by atoms with Crippen LogP contribution >= 0.6 is 15.9 Å². The summed E-state index contributed by atoms with van der Waals surface area (Å²) >= 11 is 3.30. The summed E-state index contributed by atoms with van der Waals surface area (Å²) in [5.74, 6) is 0.302. The van der Waals surface area contributed by atoms with Crippen molar-refractivity contribution in [3.05, 3.63) is 53.1 Å². The Bertz CT molecular complexity index is 868. The minimum Gasteiger partial charge on any atom is -0.484 e. The highest BCUT2D eigenvalue weighted by atomic mass is 79.9. The normalized spacial score (nSPS) is 14.1. The van der Waals surface area contributed by atoms with Crippen molar-refractivity contribution in [2.45, 2.75) is 12.8 Å². The van der Waals surface area contributed by atoms with Gasteiger partial charge in [0, 0.05) is 29.7 Å². The Kier molecular flexibility index (Phi) is 7.78. The number of nitrogens with zero attached hydrogens (tertiary/aromatic N) is 2. The second-order valence-corrected chi connectivity index (χ2v) is 7.80. The molecule has 2 heterocycles. The quantitative estimate of drug-likeness (QED) is 0.640. The van der Waals surface area contributed by atoms with Crippen molar-refractivity contribution >= 4 is 39.5 Å². The van der Waals surface area contributed by atoms with E-state index in [0.717, 1.165) is 4.47 Å². The number of para-hydroxylation sites is 1. The molecule has 0 spiro atoms. The number of nitrogens with one attached hydrogen (secondary N) is 2. The summed E-state index contributed by atoms with van der Waals surface area (Å²) in [4.78, 5) is 42.4. The van der Waals surface area contributed by atoms with E-state index in [2.05, 4.69) is 31.5 Å². The number of piperidine rings is 1. The zero-order valence-electron chi connectivity index (χ0n) is 16.3. The Hall–Kier alpha value is -2.94. The van der Waals surface area contributed by atoms with Gasteiger partial charge in [-0.3, -0.25) is 14.4 Å². The fourth-order valence-corrected chi connectivity index (χ4v) is 3.31. The molecule has 30 heavy (non-hydrogen) atoms. The van der Waals surface area contributed by atoms with Crippen LogP contribution in [0.5, 0.6) is 5.75 Å². The lowest BCUT2D eigenvalue weighted by Gasteiger charge is -2.31. The number of amides is 3. The van der Waals surface area contributed by atoms with Crippen LogP contribution in [0.2, 0.25) is 0 Å². The molecule has 0 saturated carbocycles. The Morgan fingerprint density at radius 2 is 1.83 bits per heavy atom. The van der Waals surface area contributed by atoms with Crippen molar-refractivity contribution in [2.75, 3.05) is 31.6 Å². The molecule has 0 atom stereocenters. The number of carbonyl (C=O) groups excluding carboxylic acids is 3. The van der Waals surface area contributed by atoms with E-state index in [-0.39, 0.29) is 36.8 Å². The minimum absolute atomic E-state index is 0.0866. The number of hydrogen-bond acceptors (Lipinski definition) is 5. The molecule has 1 fully saturated rings. The van der Waals surface area contributed by atoms with Crippen LogP contribution in [0.3, 0.4) is 0 Å². The Balaban J connectivity index is 1.35. The fraction of sp³-hybridized carbons (Fsp3) is 0.333. The lowest BCUT2D eigenvalue weighted by molar-refractivity contribution is -0.135. The lowest BCUT2D eigenvalue weighted by atomic mass is 9.96. The Labute approximate surface area is 183 Å². The smallest absolute Gasteiger partial charge is 0.258 e. The van der Waals surface area contributed by atoms with Gasteiger partial charge in [0.25, 0.3) is 5.91 Å². The summed E-state index contributed by atoms with van der Waals surface area (Å²) in [7, 11) is 0. The summed E-state index contributed by atoms with van der Waals surface area (Å²) in [6.07, 6.45) is 2.76. The van der Waals surface area contributed by atoms with Gasteiger partial charge in [-0.15, -0.1) is 0 Å². The minimum atomic E-state index is -0.358. The number of benzene rings is 1. The van der Waals surface area contributed by atoms with Gasteiger partial charge in [-0.1, -0.05) is 18.2 Å². The van der Waals surface area contributed by atoms with Crippen LogP contribution in [0.4, 0.5) is 5.82 Å². The van der Waals surface area contributed by atoms with E-state index in [4.69, 9.17) is 4.74 Å². The monoisotopic (exact) mass is 474 g/mol. The molecule has 1 aliphatic rings. The molecule has 1 aromatic heterocycles. The van der Waals surface area contributed by atoms with E-state index in [9.17, 15) is 14.4 Å². The van der Waals surface area contributed by atoms with Crippen molar-refractivity contribution in [3.8, 4) is 5.75 Å². The number of anilines is 1. The highest BCUT2D eigenvalue weighted by molar-refractivity contribution is 9.10. The highest BCUT2D eigenvalue weighted by Gasteiger charge is 2.27. The third kappa shape index (κ3) is 6.55. The molecule has 3 rings (SSSR count). The predicted octanol–water partition coefficient (Wildman–Crippen LogP) is 2.22. The highest BCUT2D eigenvalue weighted by Crippen LogP contribution is 2.19. The maximum absolute atomic E-state index is 12.4. The van der Waals surface area contributed by atoms with Gasteiger partial charge in [0.05, 0.1) is 6.54 Å². The summed E-state index contributed by atoms with van der Waals surface area (Å²) in [5.41, 5.74) is 0. The molecule has 3 amide bonds. The third-order valence-electron chi connectivity index (χ3n) is 4.75. The second kappa shape index (κ2) is 10.7. The summed E-state index contributed by atoms with van der Waals surface area (Å²) in [6, 6.07) is 12.5. The molecule has 1 aromatic carbocycles. The van der Waals surface area contributed by atoms with Crippen LogP contribution in [0.15, 0.2) is 53.1 Å². The van der Waals surface area contributed by atoms with Crippen LogP contribution in [0.1, 0.15) is 12.8 Å². The van der Waals surface area contributed by atoms with Crippen LogP contribution in [-0.4, -0.2) is 53.8 Å². The number of pyridine rings is 1. The van der Waals surface area contributed by atoms with Gasteiger partial charge in [-0.25, -0.2) is 4.98 Å². The first-order valence-corrected chi connectivity index (χ1v) is 10.5. The van der Waals surface area contributed by atoms with Gasteiger partial charge in [0.2, 0.25) is 11.8 Å². The van der Waals surface area contributed by atoms with Crippen LogP contribution in [0, 0.1) is 5.92 Å². The number of carbonyl (C=O) groups is 3. The Morgan fingerprint density at radius 3 is 2.50 bits per heavy atom. The average Bonchev–Trinajstić information content (AvgIpc) is 2.78. The molecule has 2 aromatic rings. The molecule has 0 bridgehead atoms. The Morgan fingerprint density at radius 1 is 1.10 bits per heavy atom. The molecule has 2 N–H and O–H groups in total. The average molecular weight is 475 g/mol. The molecule has 0 unspecified atom stereocenters. The van der Waals surface area contributed by atoms with Gasteiger partial charge in [0.15, 0.2) is 6.61 Å². The first-order valence-electron chi connectivity index (χ1n) is 9.66. The van der Waals surface area contributed by atoms with Crippen molar-refractivity contribution in [1.29, 1.82) is 0 Å². The molecule has 1 saturated heterocycles. The molecule has 0 radical (unpaired) electrons. The van der Waals surface area contributed by atoms with E-state index in [1.165, 1.54) is 0 Å². The zero-order chi connectivity index (χ0) is 21.3. The summed E-state index contributed by atoms with van der Waals surface area (Å²) in [5, 5.41) is 5.38. The number of likely N-dealkylation sites (tertiary alicyclic amines) is 1. The second-order valence-electron chi connectivity index (χ2n) is 6.88. The van der Waals surface area contributed by atoms with Gasteiger partial charge in [-0.2, -0.15) is 0 Å². The van der Waals surface area contributed by atoms with Crippen molar-refractivity contribution < 1.29 is 19.1 Å². The third-order valence-corrected chi connectivity index (χ3v) is 5.22. The maximum Gasteiger partial charge on any atom is 0.258 e. The molecule has 158 valence electrons. The van der Waals surface area contributed by atoms with E-state index in [1.807, 2.05) is 24.3 Å². The molecule has 8 nitrogen and oxygen atoms in total. The van der Waals surface area contributed by atoms with Crippen LogP contribution in [-0.2, 0) is 14.4 Å². The van der Waals surface area contributed by atoms with Gasteiger partial charge in [-0.05, 0) is 53.0 Å². The topological polar surface area (TPSA) is 101 Å². The zero-order valence-corrected chi connectivity index (χ0v) is 17.9. The molecule has 9 heteroatoms. The molecular weight excluding hydrogens is 452 g/mol. The van der Waals surface area contributed by atoms with Crippen molar-refractivity contribution in [2.24, 2.45) is 5.92 Å². The SMILES string of the molecule is O=C(COc1ccccc1)NCC(=O)N1CCC(C(=O)Nc2ccc(Br)cn2)CC1.